The number of aryl methyl sites for hydroxylation is 1. The zero-order chi connectivity index (χ0) is 11.4. The molecule has 15 heavy (non-hydrogen) atoms. The van der Waals surface area contributed by atoms with Crippen LogP contribution in [0.4, 0.5) is 0 Å². The van der Waals surface area contributed by atoms with E-state index < -0.39 is 18.5 Å². The van der Waals surface area contributed by atoms with Crippen molar-refractivity contribution in [1.29, 1.82) is 0 Å². The van der Waals surface area contributed by atoms with Gasteiger partial charge in [0.2, 0.25) is 0 Å². The summed E-state index contributed by atoms with van der Waals surface area (Å²) in [7, 11) is 1.74. The number of rotatable bonds is 4. The number of hydrogen-bond acceptors (Lipinski definition) is 3. The first-order chi connectivity index (χ1) is 7.02. The first kappa shape index (κ1) is 11.3. The molecule has 1 rings (SSSR count). The van der Waals surface area contributed by atoms with Crippen molar-refractivity contribution < 1.29 is 19.5 Å². The van der Waals surface area contributed by atoms with Crippen molar-refractivity contribution in [1.82, 2.24) is 10.0 Å². The van der Waals surface area contributed by atoms with Crippen LogP contribution in [0.15, 0.2) is 12.1 Å². The van der Waals surface area contributed by atoms with Gasteiger partial charge >= 0.3 is 5.97 Å². The predicted molar refractivity (Wildman–Crippen MR) is 51.2 cm³/mol. The largest absolute Gasteiger partial charge is 0.479 e. The molecule has 0 bridgehead atoms. The molecule has 0 radical (unpaired) electrons. The van der Waals surface area contributed by atoms with Gasteiger partial charge in [-0.15, -0.1) is 0 Å². The Balaban J connectivity index is 2.54. The van der Waals surface area contributed by atoms with Gasteiger partial charge in [0.05, 0.1) is 0 Å². The lowest BCUT2D eigenvalue weighted by atomic mass is 10.4. The second-order valence-electron chi connectivity index (χ2n) is 3.03. The number of carboxylic acids is 1. The van der Waals surface area contributed by atoms with E-state index in [-0.39, 0.29) is 0 Å². The van der Waals surface area contributed by atoms with Gasteiger partial charge in [-0.1, -0.05) is 0 Å². The lowest BCUT2D eigenvalue weighted by molar-refractivity contribution is -0.144. The van der Waals surface area contributed by atoms with Crippen molar-refractivity contribution in [3.05, 3.63) is 23.5 Å². The van der Waals surface area contributed by atoms with Crippen LogP contribution in [0, 0.1) is 6.92 Å². The Labute approximate surface area is 86.4 Å². The van der Waals surface area contributed by atoms with E-state index in [1.54, 1.807) is 23.7 Å². The third kappa shape index (κ3) is 2.81. The number of carbonyl (C=O) groups excluding carboxylic acids is 1. The van der Waals surface area contributed by atoms with E-state index in [2.05, 4.69) is 4.84 Å². The Bertz CT molecular complexity index is 383. The third-order valence-electron chi connectivity index (χ3n) is 1.97. The van der Waals surface area contributed by atoms with Gasteiger partial charge in [-0.3, -0.25) is 9.63 Å². The first-order valence-electron chi connectivity index (χ1n) is 4.28. The third-order valence-corrected chi connectivity index (χ3v) is 1.97. The Morgan fingerprint density at radius 2 is 2.20 bits per heavy atom. The molecule has 0 saturated heterocycles. The second kappa shape index (κ2) is 4.61. The quantitative estimate of drug-likeness (QED) is 0.692. The number of aromatic nitrogens is 1. The zero-order valence-electron chi connectivity index (χ0n) is 8.48. The van der Waals surface area contributed by atoms with Gasteiger partial charge in [0.15, 0.2) is 6.61 Å². The highest BCUT2D eigenvalue weighted by molar-refractivity contribution is 5.92. The van der Waals surface area contributed by atoms with E-state index in [0.717, 1.165) is 5.69 Å². The summed E-state index contributed by atoms with van der Waals surface area (Å²) in [5.74, 6) is -1.61. The average Bonchev–Trinajstić information content (AvgIpc) is 2.47. The van der Waals surface area contributed by atoms with Gasteiger partial charge in [-0.05, 0) is 19.1 Å². The topological polar surface area (TPSA) is 80.6 Å². The van der Waals surface area contributed by atoms with E-state index in [4.69, 9.17) is 5.11 Å². The molecule has 0 saturated carbocycles. The van der Waals surface area contributed by atoms with Crippen LogP contribution in [0.1, 0.15) is 16.2 Å². The molecule has 82 valence electrons. The Hall–Kier alpha value is -1.82. The van der Waals surface area contributed by atoms with Crippen molar-refractivity contribution >= 4 is 11.9 Å². The van der Waals surface area contributed by atoms with Crippen LogP contribution < -0.4 is 5.48 Å². The van der Waals surface area contributed by atoms with Crippen molar-refractivity contribution in [2.24, 2.45) is 7.05 Å². The van der Waals surface area contributed by atoms with Crippen LogP contribution in [-0.2, 0) is 16.7 Å². The molecule has 6 heteroatoms. The normalized spacial score (nSPS) is 10.0. The number of carbonyl (C=O) groups is 2. The van der Waals surface area contributed by atoms with Crippen molar-refractivity contribution in [3.63, 3.8) is 0 Å². The summed E-state index contributed by atoms with van der Waals surface area (Å²) in [6.07, 6.45) is 0. The van der Waals surface area contributed by atoms with Crippen LogP contribution in [0.25, 0.3) is 0 Å². The fourth-order valence-corrected chi connectivity index (χ4v) is 1.06. The monoisotopic (exact) mass is 212 g/mol. The van der Waals surface area contributed by atoms with Crippen molar-refractivity contribution in [2.75, 3.05) is 6.61 Å². The van der Waals surface area contributed by atoms with Crippen LogP contribution in [-0.4, -0.2) is 28.2 Å². The number of amides is 1. The minimum Gasteiger partial charge on any atom is -0.479 e. The van der Waals surface area contributed by atoms with Gasteiger partial charge in [-0.25, -0.2) is 10.3 Å². The number of hydroxylamine groups is 1. The molecule has 0 aliphatic rings. The molecule has 2 N–H and O–H groups in total. The molecule has 6 nitrogen and oxygen atoms in total. The standard InChI is InChI=1S/C9H12N2O4/c1-6-3-4-7(11(6)2)9(14)10-15-5-8(12)13/h3-4H,5H2,1-2H3,(H,10,14)(H,12,13). The van der Waals surface area contributed by atoms with Gasteiger partial charge in [0, 0.05) is 12.7 Å². The number of hydrogen-bond donors (Lipinski definition) is 2. The maximum Gasteiger partial charge on any atom is 0.332 e. The van der Waals surface area contributed by atoms with E-state index in [1.165, 1.54) is 0 Å². The van der Waals surface area contributed by atoms with Crippen LogP contribution in [0.2, 0.25) is 0 Å². The van der Waals surface area contributed by atoms with E-state index in [9.17, 15) is 9.59 Å². The van der Waals surface area contributed by atoms with Gasteiger partial charge in [0.1, 0.15) is 5.69 Å². The Morgan fingerprint density at radius 1 is 1.53 bits per heavy atom. The maximum atomic E-state index is 11.4. The van der Waals surface area contributed by atoms with Crippen molar-refractivity contribution in [3.8, 4) is 0 Å². The zero-order valence-corrected chi connectivity index (χ0v) is 8.48. The molecule has 1 amide bonds. The molecule has 0 aliphatic carbocycles. The maximum absolute atomic E-state index is 11.4. The average molecular weight is 212 g/mol. The summed E-state index contributed by atoms with van der Waals surface area (Å²) >= 11 is 0. The molecular weight excluding hydrogens is 200 g/mol. The molecule has 1 heterocycles. The molecule has 0 spiro atoms. The van der Waals surface area contributed by atoms with Gasteiger partial charge < -0.3 is 9.67 Å². The van der Waals surface area contributed by atoms with Crippen LogP contribution >= 0.6 is 0 Å². The molecule has 0 aromatic carbocycles. The summed E-state index contributed by atoms with van der Waals surface area (Å²) in [5.41, 5.74) is 3.39. The molecule has 0 atom stereocenters. The lowest BCUT2D eigenvalue weighted by Gasteiger charge is -2.05. The first-order valence-corrected chi connectivity index (χ1v) is 4.28. The van der Waals surface area contributed by atoms with Gasteiger partial charge in [0.25, 0.3) is 5.91 Å². The second-order valence-corrected chi connectivity index (χ2v) is 3.03. The van der Waals surface area contributed by atoms with Crippen LogP contribution in [0.3, 0.4) is 0 Å². The summed E-state index contributed by atoms with van der Waals surface area (Å²) < 4.78 is 1.68. The van der Waals surface area contributed by atoms with E-state index in [0.29, 0.717) is 5.69 Å². The highest BCUT2D eigenvalue weighted by Gasteiger charge is 2.10. The highest BCUT2D eigenvalue weighted by atomic mass is 16.7. The number of nitrogens with one attached hydrogen (secondary N) is 1. The predicted octanol–water partition coefficient (Wildman–Crippen LogP) is 0.0795. The SMILES string of the molecule is Cc1ccc(C(=O)NOCC(=O)O)n1C. The molecule has 1 aromatic rings. The summed E-state index contributed by atoms with van der Waals surface area (Å²) in [5, 5.41) is 8.27. The van der Waals surface area contributed by atoms with Gasteiger partial charge in [-0.2, -0.15) is 0 Å². The highest BCUT2D eigenvalue weighted by Crippen LogP contribution is 2.05. The number of carboxylic acid groups (broad SMARTS) is 1. The number of aliphatic carboxylic acids is 1. The fraction of sp³-hybridized carbons (Fsp3) is 0.333. The molecule has 0 aliphatic heterocycles. The van der Waals surface area contributed by atoms with E-state index in [1.807, 2.05) is 12.4 Å². The molecule has 1 aromatic heterocycles. The molecule has 0 unspecified atom stereocenters. The Morgan fingerprint density at radius 3 is 2.67 bits per heavy atom. The molecule has 0 fully saturated rings. The summed E-state index contributed by atoms with van der Waals surface area (Å²) in [6, 6.07) is 3.42. The van der Waals surface area contributed by atoms with Crippen molar-refractivity contribution in [2.45, 2.75) is 6.92 Å². The fourth-order valence-electron chi connectivity index (χ4n) is 1.06. The summed E-state index contributed by atoms with van der Waals surface area (Å²) in [4.78, 5) is 26.0. The molecular formula is C9H12N2O4. The smallest absolute Gasteiger partial charge is 0.332 e. The summed E-state index contributed by atoms with van der Waals surface area (Å²) in [6.45, 7) is 1.30. The minimum absolute atomic E-state index is 0.415. The lowest BCUT2D eigenvalue weighted by Crippen LogP contribution is -2.28. The number of nitrogens with zero attached hydrogens (tertiary/aromatic N) is 1. The van der Waals surface area contributed by atoms with Crippen LogP contribution in [0.5, 0.6) is 0 Å². The van der Waals surface area contributed by atoms with E-state index >= 15 is 0 Å². The Kier molecular flexibility index (Phi) is 3.46. The minimum atomic E-state index is -1.14.